The molecule has 1 saturated heterocycles. The highest BCUT2D eigenvalue weighted by atomic mass is 16.5. The van der Waals surface area contributed by atoms with Crippen LogP contribution in [-0.4, -0.2) is 42.2 Å². The van der Waals surface area contributed by atoms with Crippen LogP contribution in [-0.2, 0) is 10.3 Å². The van der Waals surface area contributed by atoms with Gasteiger partial charge >= 0.3 is 0 Å². The van der Waals surface area contributed by atoms with Crippen molar-refractivity contribution in [2.24, 2.45) is 0 Å². The summed E-state index contributed by atoms with van der Waals surface area (Å²) in [4.78, 5) is 0. The fourth-order valence-electron chi connectivity index (χ4n) is 1.86. The van der Waals surface area contributed by atoms with Gasteiger partial charge in [-0.05, 0) is 20.8 Å². The minimum atomic E-state index is -0.00197. The molecule has 5 heteroatoms. The molecule has 5 nitrogen and oxygen atoms in total. The van der Waals surface area contributed by atoms with Crippen LogP contribution in [0.4, 0.5) is 0 Å². The first-order valence-corrected chi connectivity index (χ1v) is 6.57. The second kappa shape index (κ2) is 5.71. The van der Waals surface area contributed by atoms with Gasteiger partial charge in [0.2, 0.25) is 5.88 Å². The lowest BCUT2D eigenvalue weighted by atomic mass is 10.1. The van der Waals surface area contributed by atoms with Crippen LogP contribution in [0.3, 0.4) is 0 Å². The van der Waals surface area contributed by atoms with Gasteiger partial charge < -0.3 is 14.8 Å². The second-order valence-electron chi connectivity index (χ2n) is 5.60. The summed E-state index contributed by atoms with van der Waals surface area (Å²) in [7, 11) is 0. The van der Waals surface area contributed by atoms with Gasteiger partial charge in [-0.1, -0.05) is 0 Å². The maximum atomic E-state index is 5.64. The Hall–Kier alpha value is -1.07. The molecule has 18 heavy (non-hydrogen) atoms. The van der Waals surface area contributed by atoms with Crippen LogP contribution < -0.4 is 10.1 Å². The Bertz CT molecular complexity index is 365. The fraction of sp³-hybridized carbons (Fsp3) is 0.769. The van der Waals surface area contributed by atoms with E-state index < -0.39 is 0 Å². The van der Waals surface area contributed by atoms with Crippen LogP contribution in [0.2, 0.25) is 0 Å². The molecule has 2 heterocycles. The summed E-state index contributed by atoms with van der Waals surface area (Å²) in [5.74, 6) is 0.689. The average molecular weight is 253 g/mol. The van der Waals surface area contributed by atoms with E-state index in [1.807, 2.05) is 16.9 Å². The molecule has 0 spiro atoms. The molecular formula is C13H23N3O2. The summed E-state index contributed by atoms with van der Waals surface area (Å²) in [5.41, 5.74) is -0.00197. The van der Waals surface area contributed by atoms with Gasteiger partial charge in [0.15, 0.2) is 0 Å². The maximum Gasteiger partial charge on any atom is 0.232 e. The average Bonchev–Trinajstić information content (AvgIpc) is 2.79. The Morgan fingerprint density at radius 2 is 2.39 bits per heavy atom. The van der Waals surface area contributed by atoms with E-state index in [0.717, 1.165) is 26.1 Å². The van der Waals surface area contributed by atoms with Crippen molar-refractivity contribution in [1.29, 1.82) is 0 Å². The summed E-state index contributed by atoms with van der Waals surface area (Å²) in [6, 6.07) is 1.91. The maximum absolute atomic E-state index is 5.64. The molecule has 1 aliphatic heterocycles. The van der Waals surface area contributed by atoms with Gasteiger partial charge in [-0.3, -0.25) is 4.68 Å². The number of nitrogens with one attached hydrogen (secondary N) is 1. The fourth-order valence-corrected chi connectivity index (χ4v) is 1.86. The molecule has 1 unspecified atom stereocenters. The zero-order valence-electron chi connectivity index (χ0n) is 11.5. The van der Waals surface area contributed by atoms with Gasteiger partial charge in [-0.15, -0.1) is 5.10 Å². The minimum Gasteiger partial charge on any atom is -0.477 e. The standard InChI is InChI=1S/C13H23N3O2/c1-13(2,3)16-7-4-12(15-16)18-8-5-11-10-14-6-9-17-11/h4,7,11,14H,5-6,8-10H2,1-3H3. The molecule has 0 radical (unpaired) electrons. The Kier molecular flexibility index (Phi) is 4.24. The zero-order chi connectivity index (χ0) is 13.0. The van der Waals surface area contributed by atoms with Crippen LogP contribution in [0, 0.1) is 0 Å². The SMILES string of the molecule is CC(C)(C)n1ccc(OCCC2CNCCO2)n1. The highest BCUT2D eigenvalue weighted by molar-refractivity contribution is 5.06. The first-order chi connectivity index (χ1) is 8.55. The van der Waals surface area contributed by atoms with Crippen LogP contribution in [0.25, 0.3) is 0 Å². The van der Waals surface area contributed by atoms with Gasteiger partial charge in [-0.25, -0.2) is 0 Å². The molecule has 1 N–H and O–H groups in total. The van der Waals surface area contributed by atoms with Crippen molar-refractivity contribution in [3.8, 4) is 5.88 Å². The molecule has 2 rings (SSSR count). The van der Waals surface area contributed by atoms with Gasteiger partial charge in [0.25, 0.3) is 0 Å². The summed E-state index contributed by atoms with van der Waals surface area (Å²) in [6.45, 7) is 9.66. The number of hydrogen-bond donors (Lipinski definition) is 1. The molecule has 0 bridgehead atoms. The summed E-state index contributed by atoms with van der Waals surface area (Å²) >= 11 is 0. The van der Waals surface area contributed by atoms with E-state index in [9.17, 15) is 0 Å². The molecule has 0 amide bonds. The third-order valence-corrected chi connectivity index (χ3v) is 2.95. The number of rotatable bonds is 4. The van der Waals surface area contributed by atoms with Crippen molar-refractivity contribution in [2.45, 2.75) is 38.8 Å². The molecule has 0 aliphatic carbocycles. The van der Waals surface area contributed by atoms with Crippen LogP contribution in [0.5, 0.6) is 5.88 Å². The molecule has 1 aromatic rings. The Labute approximate surface area is 108 Å². The van der Waals surface area contributed by atoms with Gasteiger partial charge in [0.05, 0.1) is 24.9 Å². The minimum absolute atomic E-state index is 0.00197. The first kappa shape index (κ1) is 13.4. The lowest BCUT2D eigenvalue weighted by Gasteiger charge is -2.23. The first-order valence-electron chi connectivity index (χ1n) is 6.57. The van der Waals surface area contributed by atoms with E-state index in [1.54, 1.807) is 0 Å². The third kappa shape index (κ3) is 3.71. The van der Waals surface area contributed by atoms with E-state index in [4.69, 9.17) is 9.47 Å². The Morgan fingerprint density at radius 3 is 3.00 bits per heavy atom. The topological polar surface area (TPSA) is 48.3 Å². The molecular weight excluding hydrogens is 230 g/mol. The highest BCUT2D eigenvalue weighted by Crippen LogP contribution is 2.16. The third-order valence-electron chi connectivity index (χ3n) is 2.95. The number of morpholine rings is 1. The summed E-state index contributed by atoms with van der Waals surface area (Å²) < 4.78 is 13.2. The van der Waals surface area contributed by atoms with Crippen molar-refractivity contribution in [2.75, 3.05) is 26.3 Å². The molecule has 1 aromatic heterocycles. The van der Waals surface area contributed by atoms with Crippen LogP contribution in [0.15, 0.2) is 12.3 Å². The summed E-state index contributed by atoms with van der Waals surface area (Å²) in [5, 5.41) is 7.71. The number of aromatic nitrogens is 2. The van der Waals surface area contributed by atoms with Crippen molar-refractivity contribution in [3.63, 3.8) is 0 Å². The van der Waals surface area contributed by atoms with Crippen LogP contribution in [0.1, 0.15) is 27.2 Å². The van der Waals surface area contributed by atoms with E-state index >= 15 is 0 Å². The van der Waals surface area contributed by atoms with E-state index in [-0.39, 0.29) is 11.6 Å². The number of nitrogens with zero attached hydrogens (tertiary/aromatic N) is 2. The van der Waals surface area contributed by atoms with Gasteiger partial charge in [0, 0.05) is 31.8 Å². The number of ether oxygens (including phenoxy) is 2. The van der Waals surface area contributed by atoms with Gasteiger partial charge in [-0.2, -0.15) is 0 Å². The molecule has 1 atom stereocenters. The Morgan fingerprint density at radius 1 is 1.56 bits per heavy atom. The quantitative estimate of drug-likeness (QED) is 0.881. The van der Waals surface area contributed by atoms with Crippen LogP contribution >= 0.6 is 0 Å². The predicted molar refractivity (Wildman–Crippen MR) is 69.9 cm³/mol. The molecule has 102 valence electrons. The van der Waals surface area contributed by atoms with Gasteiger partial charge in [0.1, 0.15) is 0 Å². The monoisotopic (exact) mass is 253 g/mol. The van der Waals surface area contributed by atoms with E-state index in [2.05, 4.69) is 31.2 Å². The molecule has 0 aromatic carbocycles. The zero-order valence-corrected chi connectivity index (χ0v) is 11.5. The lowest BCUT2D eigenvalue weighted by Crippen LogP contribution is -2.39. The number of hydrogen-bond acceptors (Lipinski definition) is 4. The van der Waals surface area contributed by atoms with E-state index in [0.29, 0.717) is 12.5 Å². The van der Waals surface area contributed by atoms with Crippen molar-refractivity contribution in [3.05, 3.63) is 12.3 Å². The van der Waals surface area contributed by atoms with Crippen molar-refractivity contribution in [1.82, 2.24) is 15.1 Å². The van der Waals surface area contributed by atoms with Crippen molar-refractivity contribution >= 4 is 0 Å². The van der Waals surface area contributed by atoms with E-state index in [1.165, 1.54) is 0 Å². The predicted octanol–water partition coefficient (Wildman–Crippen LogP) is 1.40. The smallest absolute Gasteiger partial charge is 0.232 e. The second-order valence-corrected chi connectivity index (χ2v) is 5.60. The molecule has 1 fully saturated rings. The normalized spacial score (nSPS) is 20.9. The largest absolute Gasteiger partial charge is 0.477 e. The van der Waals surface area contributed by atoms with Crippen molar-refractivity contribution < 1.29 is 9.47 Å². The molecule has 0 saturated carbocycles. The molecule has 1 aliphatic rings. The highest BCUT2D eigenvalue weighted by Gasteiger charge is 2.15. The Balaban J connectivity index is 1.74. The summed E-state index contributed by atoms with van der Waals surface area (Å²) in [6.07, 6.45) is 3.12. The lowest BCUT2D eigenvalue weighted by molar-refractivity contribution is 0.0155.